The van der Waals surface area contributed by atoms with Crippen molar-refractivity contribution in [3.63, 3.8) is 0 Å². The summed E-state index contributed by atoms with van der Waals surface area (Å²) in [6, 6.07) is 9.88. The van der Waals surface area contributed by atoms with Crippen molar-refractivity contribution in [2.24, 2.45) is 0 Å². The lowest BCUT2D eigenvalue weighted by Crippen LogP contribution is -2.21. The third-order valence-corrected chi connectivity index (χ3v) is 6.72. The van der Waals surface area contributed by atoms with E-state index in [9.17, 15) is 4.79 Å². The molecule has 7 nitrogen and oxygen atoms in total. The van der Waals surface area contributed by atoms with Crippen LogP contribution in [-0.4, -0.2) is 31.7 Å². The number of aryl methyl sites for hydroxylation is 1. The third-order valence-electron chi connectivity index (χ3n) is 6.52. The van der Waals surface area contributed by atoms with E-state index in [1.54, 1.807) is 12.4 Å². The number of aromatic nitrogens is 4. The van der Waals surface area contributed by atoms with Crippen molar-refractivity contribution >= 4 is 34.5 Å². The molecular formula is C29H30ClN5O2. The first-order valence-corrected chi connectivity index (χ1v) is 13.1. The molecule has 0 aromatic carbocycles. The van der Waals surface area contributed by atoms with E-state index in [0.29, 0.717) is 23.6 Å². The van der Waals surface area contributed by atoms with E-state index in [-0.39, 0.29) is 6.10 Å². The molecule has 0 saturated heterocycles. The van der Waals surface area contributed by atoms with Gasteiger partial charge in [-0.1, -0.05) is 36.2 Å². The van der Waals surface area contributed by atoms with E-state index < -0.39 is 6.09 Å². The number of anilines is 1. The number of rotatable bonds is 6. The Morgan fingerprint density at radius 3 is 2.76 bits per heavy atom. The van der Waals surface area contributed by atoms with Gasteiger partial charge in [0, 0.05) is 48.8 Å². The minimum absolute atomic E-state index is 0.221. The van der Waals surface area contributed by atoms with Crippen molar-refractivity contribution in [1.29, 1.82) is 0 Å². The summed E-state index contributed by atoms with van der Waals surface area (Å²) in [5.74, 6) is 0.785. The van der Waals surface area contributed by atoms with Crippen LogP contribution >= 0.6 is 11.6 Å². The molecule has 1 aliphatic rings. The smallest absolute Gasteiger partial charge is 0.420 e. The molecule has 0 bridgehead atoms. The summed E-state index contributed by atoms with van der Waals surface area (Å²) < 4.78 is 7.33. The van der Waals surface area contributed by atoms with Crippen LogP contribution in [0.15, 0.2) is 67.3 Å². The summed E-state index contributed by atoms with van der Waals surface area (Å²) in [6.45, 7) is 2.62. The van der Waals surface area contributed by atoms with Gasteiger partial charge in [-0.05, 0) is 73.6 Å². The number of hydrogen-bond acceptors (Lipinski definition) is 6. The maximum absolute atomic E-state index is 13.1. The predicted octanol–water partition coefficient (Wildman–Crippen LogP) is 6.86. The number of nitrogens with zero attached hydrogens (tertiary/aromatic N) is 4. The summed E-state index contributed by atoms with van der Waals surface area (Å²) >= 11 is 6.26. The quantitative estimate of drug-likeness (QED) is 0.282. The predicted molar refractivity (Wildman–Crippen MR) is 146 cm³/mol. The Labute approximate surface area is 221 Å². The minimum Gasteiger partial charge on any atom is -0.441 e. The highest BCUT2D eigenvalue weighted by Crippen LogP contribution is 2.26. The average Bonchev–Trinajstić information content (AvgIpc) is 3.23. The van der Waals surface area contributed by atoms with Crippen LogP contribution in [0.1, 0.15) is 54.5 Å². The molecule has 0 spiro atoms. The third kappa shape index (κ3) is 6.35. The zero-order valence-electron chi connectivity index (χ0n) is 20.9. The normalized spacial score (nSPS) is 16.6. The van der Waals surface area contributed by atoms with Crippen LogP contribution < -0.4 is 5.32 Å². The largest absolute Gasteiger partial charge is 0.441 e. The molecule has 4 heterocycles. The number of carbonyl (C=O) groups excluding carboxylic acids is 1. The molecule has 0 amide bonds. The molecule has 0 fully saturated rings. The van der Waals surface area contributed by atoms with Gasteiger partial charge in [-0.25, -0.2) is 19.3 Å². The fourth-order valence-electron chi connectivity index (χ4n) is 4.49. The molecule has 5 rings (SSSR count). The van der Waals surface area contributed by atoms with Gasteiger partial charge >= 0.3 is 6.09 Å². The molecule has 4 aromatic heterocycles. The standard InChI is InChI=1S/C29H30ClN5O2/c1-20-9-10-22(16-31-20)17-33-27-12-11-21(15-32-27)13-23-19-35(28-26(23)14-24(30)18-34-28)29(36)37-25-7-5-3-2-4-6-8-25/h5,7,9-12,14-16,18-19,25H,2-4,6,8,13,17H2,1H3,(H,32,33)/b7-5+. The molecule has 8 heteroatoms. The molecule has 4 aromatic rings. The van der Waals surface area contributed by atoms with Crippen molar-refractivity contribution in [3.05, 3.63) is 94.7 Å². The Kier molecular flexibility index (Phi) is 7.80. The first-order valence-electron chi connectivity index (χ1n) is 12.7. The number of hydrogen-bond donors (Lipinski definition) is 1. The molecule has 0 aliphatic heterocycles. The summed E-state index contributed by atoms with van der Waals surface area (Å²) in [6.07, 6.45) is 16.4. The van der Waals surface area contributed by atoms with Gasteiger partial charge in [-0.2, -0.15) is 0 Å². The molecule has 37 heavy (non-hydrogen) atoms. The highest BCUT2D eigenvalue weighted by Gasteiger charge is 2.20. The number of halogens is 1. The number of carbonyl (C=O) groups is 1. The second-order valence-corrected chi connectivity index (χ2v) is 9.86. The van der Waals surface area contributed by atoms with Crippen LogP contribution in [0.5, 0.6) is 0 Å². The summed E-state index contributed by atoms with van der Waals surface area (Å²) in [5.41, 5.74) is 4.57. The minimum atomic E-state index is -0.426. The molecule has 1 unspecified atom stereocenters. The molecule has 1 N–H and O–H groups in total. The highest BCUT2D eigenvalue weighted by molar-refractivity contribution is 6.31. The molecule has 0 radical (unpaired) electrons. The number of nitrogens with one attached hydrogen (secondary N) is 1. The van der Waals surface area contributed by atoms with Gasteiger partial charge in [0.1, 0.15) is 17.6 Å². The van der Waals surface area contributed by atoms with E-state index in [0.717, 1.165) is 59.3 Å². The molecule has 190 valence electrons. The number of ether oxygens (including phenoxy) is 1. The van der Waals surface area contributed by atoms with Crippen LogP contribution in [0.4, 0.5) is 10.6 Å². The van der Waals surface area contributed by atoms with Crippen LogP contribution in [-0.2, 0) is 17.7 Å². The summed E-state index contributed by atoms with van der Waals surface area (Å²) in [7, 11) is 0. The van der Waals surface area contributed by atoms with Crippen molar-refractivity contribution < 1.29 is 9.53 Å². The van der Waals surface area contributed by atoms with Crippen molar-refractivity contribution in [1.82, 2.24) is 19.5 Å². The zero-order chi connectivity index (χ0) is 25.6. The van der Waals surface area contributed by atoms with Crippen molar-refractivity contribution in [3.8, 4) is 0 Å². The number of allylic oxidation sites excluding steroid dienone is 1. The highest BCUT2D eigenvalue weighted by atomic mass is 35.5. The van der Waals surface area contributed by atoms with Gasteiger partial charge in [0.15, 0.2) is 0 Å². The number of fused-ring (bicyclic) bond motifs is 1. The Bertz CT molecular complexity index is 1400. The van der Waals surface area contributed by atoms with E-state index in [1.807, 2.05) is 49.7 Å². The molecule has 0 saturated carbocycles. The fraction of sp³-hybridized carbons (Fsp3) is 0.310. The van der Waals surface area contributed by atoms with Gasteiger partial charge in [0.25, 0.3) is 0 Å². The topological polar surface area (TPSA) is 81.9 Å². The number of pyridine rings is 3. The molecule has 1 atom stereocenters. The van der Waals surface area contributed by atoms with Crippen LogP contribution in [0.25, 0.3) is 11.0 Å². The Hall–Kier alpha value is -3.71. The first kappa shape index (κ1) is 25.0. The lowest BCUT2D eigenvalue weighted by atomic mass is 10.0. The van der Waals surface area contributed by atoms with Gasteiger partial charge in [-0.3, -0.25) is 4.98 Å². The van der Waals surface area contributed by atoms with E-state index in [1.165, 1.54) is 11.0 Å². The Morgan fingerprint density at radius 1 is 1.08 bits per heavy atom. The maximum Gasteiger partial charge on any atom is 0.420 e. The molecular weight excluding hydrogens is 486 g/mol. The lowest BCUT2D eigenvalue weighted by Gasteiger charge is -2.16. The van der Waals surface area contributed by atoms with E-state index >= 15 is 0 Å². The Balaban J connectivity index is 1.31. The lowest BCUT2D eigenvalue weighted by molar-refractivity contribution is 0.115. The van der Waals surface area contributed by atoms with Crippen LogP contribution in [0.3, 0.4) is 0 Å². The maximum atomic E-state index is 13.1. The summed E-state index contributed by atoms with van der Waals surface area (Å²) in [4.78, 5) is 26.5. The second-order valence-electron chi connectivity index (χ2n) is 9.43. The Morgan fingerprint density at radius 2 is 1.95 bits per heavy atom. The van der Waals surface area contributed by atoms with Gasteiger partial charge in [0.2, 0.25) is 0 Å². The zero-order valence-corrected chi connectivity index (χ0v) is 21.6. The van der Waals surface area contributed by atoms with Crippen molar-refractivity contribution in [2.75, 3.05) is 5.32 Å². The van der Waals surface area contributed by atoms with Gasteiger partial charge in [-0.15, -0.1) is 0 Å². The molecule has 1 aliphatic carbocycles. The van der Waals surface area contributed by atoms with Gasteiger partial charge in [0.05, 0.1) is 5.02 Å². The van der Waals surface area contributed by atoms with E-state index in [2.05, 4.69) is 32.4 Å². The summed E-state index contributed by atoms with van der Waals surface area (Å²) in [5, 5.41) is 4.67. The van der Waals surface area contributed by atoms with Crippen molar-refractivity contribution in [2.45, 2.75) is 58.1 Å². The van der Waals surface area contributed by atoms with Crippen LogP contribution in [0.2, 0.25) is 5.02 Å². The average molecular weight is 516 g/mol. The SMILES string of the molecule is Cc1ccc(CNc2ccc(Cc3cn(C(=O)OC4/C=C/CCCCC4)c4ncc(Cl)cc34)cn2)cn1. The monoisotopic (exact) mass is 515 g/mol. The fourth-order valence-corrected chi connectivity index (χ4v) is 4.65. The van der Waals surface area contributed by atoms with Gasteiger partial charge < -0.3 is 10.1 Å². The van der Waals surface area contributed by atoms with Crippen LogP contribution in [0, 0.1) is 6.92 Å². The van der Waals surface area contributed by atoms with E-state index in [4.69, 9.17) is 16.3 Å². The second kappa shape index (κ2) is 11.6. The first-order chi connectivity index (χ1) is 18.0.